The number of carboxylic acid groups (broad SMARTS) is 1. The van der Waals surface area contributed by atoms with Crippen LogP contribution in [-0.2, 0) is 4.79 Å². The number of aliphatic carboxylic acids is 1. The summed E-state index contributed by atoms with van der Waals surface area (Å²) in [7, 11) is 0. The van der Waals surface area contributed by atoms with E-state index in [0.29, 0.717) is 28.6 Å². The lowest BCUT2D eigenvalue weighted by molar-refractivity contribution is -0.142. The minimum atomic E-state index is -0.877. The second kappa shape index (κ2) is 6.33. The van der Waals surface area contributed by atoms with Crippen LogP contribution in [0.5, 0.6) is 0 Å². The van der Waals surface area contributed by atoms with E-state index < -0.39 is 17.9 Å². The van der Waals surface area contributed by atoms with Crippen molar-refractivity contribution in [2.24, 2.45) is 5.92 Å². The van der Waals surface area contributed by atoms with E-state index in [-0.39, 0.29) is 6.04 Å². The number of hydrogen-bond donors (Lipinski definition) is 3. The summed E-state index contributed by atoms with van der Waals surface area (Å²) < 4.78 is 0. The van der Waals surface area contributed by atoms with Gasteiger partial charge in [-0.2, -0.15) is 0 Å². The van der Waals surface area contributed by atoms with Crippen LogP contribution >= 0.6 is 23.2 Å². The number of benzene rings is 1. The molecule has 1 aromatic rings. The summed E-state index contributed by atoms with van der Waals surface area (Å²) in [5.74, 6) is -1.40. The molecular formula is C13H14Cl2N2O3. The third-order valence-electron chi connectivity index (χ3n) is 3.33. The molecule has 5 nitrogen and oxygen atoms in total. The van der Waals surface area contributed by atoms with E-state index in [1.165, 1.54) is 6.07 Å². The van der Waals surface area contributed by atoms with Crippen LogP contribution in [0.4, 0.5) is 10.5 Å². The van der Waals surface area contributed by atoms with Crippen molar-refractivity contribution >= 4 is 40.9 Å². The predicted molar refractivity (Wildman–Crippen MR) is 77.4 cm³/mol. The molecule has 0 bridgehead atoms. The molecule has 0 radical (unpaired) electrons. The number of anilines is 1. The Bertz CT molecular complexity index is 536. The maximum atomic E-state index is 11.9. The lowest BCUT2D eigenvalue weighted by Crippen LogP contribution is -2.42. The van der Waals surface area contributed by atoms with Crippen LogP contribution in [0.25, 0.3) is 0 Å². The number of carbonyl (C=O) groups excluding carboxylic acids is 1. The zero-order valence-corrected chi connectivity index (χ0v) is 12.0. The van der Waals surface area contributed by atoms with Gasteiger partial charge in [-0.15, -0.1) is 0 Å². The fourth-order valence-corrected chi connectivity index (χ4v) is 2.80. The minimum Gasteiger partial charge on any atom is -0.481 e. The standard InChI is InChI=1S/C13H14Cl2N2O3/c14-7-4-5-11(9(15)6-7)17-13(20)16-10-3-1-2-8(10)12(18)19/h4-6,8,10H,1-3H2,(H,18,19)(H2,16,17,20). The lowest BCUT2D eigenvalue weighted by Gasteiger charge is -2.18. The van der Waals surface area contributed by atoms with E-state index in [9.17, 15) is 9.59 Å². The van der Waals surface area contributed by atoms with Crippen molar-refractivity contribution in [1.82, 2.24) is 5.32 Å². The first-order chi connectivity index (χ1) is 9.47. The number of nitrogens with one attached hydrogen (secondary N) is 2. The van der Waals surface area contributed by atoms with Crippen LogP contribution in [0.3, 0.4) is 0 Å². The highest BCUT2D eigenvalue weighted by Gasteiger charge is 2.33. The van der Waals surface area contributed by atoms with E-state index in [1.807, 2.05) is 0 Å². The highest BCUT2D eigenvalue weighted by molar-refractivity contribution is 6.36. The van der Waals surface area contributed by atoms with Gasteiger partial charge >= 0.3 is 12.0 Å². The predicted octanol–water partition coefficient (Wildman–Crippen LogP) is 3.37. The average Bonchev–Trinajstić information content (AvgIpc) is 2.81. The van der Waals surface area contributed by atoms with Gasteiger partial charge < -0.3 is 15.7 Å². The molecule has 2 amide bonds. The molecule has 0 saturated heterocycles. The summed E-state index contributed by atoms with van der Waals surface area (Å²) in [6, 6.07) is 3.91. The molecule has 1 fully saturated rings. The monoisotopic (exact) mass is 316 g/mol. The summed E-state index contributed by atoms with van der Waals surface area (Å²) >= 11 is 11.7. The molecule has 1 saturated carbocycles. The second-order valence-electron chi connectivity index (χ2n) is 4.70. The number of carbonyl (C=O) groups is 2. The Morgan fingerprint density at radius 3 is 2.65 bits per heavy atom. The summed E-state index contributed by atoms with van der Waals surface area (Å²) in [4.78, 5) is 22.9. The molecule has 0 aromatic heterocycles. The molecule has 7 heteroatoms. The topological polar surface area (TPSA) is 78.4 Å². The molecule has 2 rings (SSSR count). The Hall–Kier alpha value is -1.46. The van der Waals surface area contributed by atoms with Crippen LogP contribution in [0.15, 0.2) is 18.2 Å². The Kier molecular flexibility index (Phi) is 4.73. The Morgan fingerprint density at radius 2 is 2.00 bits per heavy atom. The molecule has 0 aliphatic heterocycles. The molecule has 1 aromatic carbocycles. The van der Waals surface area contributed by atoms with Crippen molar-refractivity contribution in [3.8, 4) is 0 Å². The van der Waals surface area contributed by atoms with Gasteiger partial charge in [-0.05, 0) is 31.0 Å². The van der Waals surface area contributed by atoms with Gasteiger partial charge in [0.25, 0.3) is 0 Å². The number of rotatable bonds is 3. The van der Waals surface area contributed by atoms with Crippen LogP contribution in [-0.4, -0.2) is 23.1 Å². The first-order valence-electron chi connectivity index (χ1n) is 6.23. The van der Waals surface area contributed by atoms with E-state index in [0.717, 1.165) is 6.42 Å². The average molecular weight is 317 g/mol. The SMILES string of the molecule is O=C(Nc1ccc(Cl)cc1Cl)NC1CCCC1C(=O)O. The molecule has 20 heavy (non-hydrogen) atoms. The Morgan fingerprint density at radius 1 is 1.25 bits per heavy atom. The molecule has 3 N–H and O–H groups in total. The largest absolute Gasteiger partial charge is 0.481 e. The number of urea groups is 1. The van der Waals surface area contributed by atoms with E-state index >= 15 is 0 Å². The van der Waals surface area contributed by atoms with Gasteiger partial charge in [0.05, 0.1) is 16.6 Å². The summed E-state index contributed by atoms with van der Waals surface area (Å²) in [6.45, 7) is 0. The number of hydrogen-bond acceptors (Lipinski definition) is 2. The van der Waals surface area contributed by atoms with Crippen LogP contribution < -0.4 is 10.6 Å². The molecule has 0 heterocycles. The third kappa shape index (κ3) is 3.55. The summed E-state index contributed by atoms with van der Waals surface area (Å²) in [6.07, 6.45) is 2.05. The maximum Gasteiger partial charge on any atom is 0.319 e. The lowest BCUT2D eigenvalue weighted by atomic mass is 10.0. The third-order valence-corrected chi connectivity index (χ3v) is 3.88. The van der Waals surface area contributed by atoms with Gasteiger partial charge in [0.1, 0.15) is 0 Å². The molecule has 108 valence electrons. The van der Waals surface area contributed by atoms with Gasteiger partial charge in [-0.1, -0.05) is 29.6 Å². The quantitative estimate of drug-likeness (QED) is 0.800. The minimum absolute atomic E-state index is 0.328. The number of halogens is 2. The highest BCUT2D eigenvalue weighted by atomic mass is 35.5. The maximum absolute atomic E-state index is 11.9. The van der Waals surface area contributed by atoms with E-state index in [1.54, 1.807) is 12.1 Å². The first-order valence-corrected chi connectivity index (χ1v) is 6.98. The Balaban J connectivity index is 1.97. The fraction of sp³-hybridized carbons (Fsp3) is 0.385. The van der Waals surface area contributed by atoms with Crippen molar-refractivity contribution in [2.45, 2.75) is 25.3 Å². The zero-order chi connectivity index (χ0) is 14.7. The summed E-state index contributed by atoms with van der Waals surface area (Å²) in [5, 5.41) is 15.1. The normalized spacial score (nSPS) is 21.5. The van der Waals surface area contributed by atoms with Crippen molar-refractivity contribution in [3.63, 3.8) is 0 Å². The molecule has 2 unspecified atom stereocenters. The zero-order valence-electron chi connectivity index (χ0n) is 10.5. The molecule has 0 spiro atoms. The van der Waals surface area contributed by atoms with Gasteiger partial charge in [-0.25, -0.2) is 4.79 Å². The fourth-order valence-electron chi connectivity index (χ4n) is 2.35. The van der Waals surface area contributed by atoms with Crippen molar-refractivity contribution in [3.05, 3.63) is 28.2 Å². The molecule has 1 aliphatic carbocycles. The number of amides is 2. The molecule has 2 atom stereocenters. The van der Waals surface area contributed by atoms with Crippen LogP contribution in [0.2, 0.25) is 10.0 Å². The second-order valence-corrected chi connectivity index (χ2v) is 5.55. The van der Waals surface area contributed by atoms with Gasteiger partial charge in [0.2, 0.25) is 0 Å². The van der Waals surface area contributed by atoms with Crippen LogP contribution in [0, 0.1) is 5.92 Å². The van der Waals surface area contributed by atoms with Gasteiger partial charge in [0.15, 0.2) is 0 Å². The summed E-state index contributed by atoms with van der Waals surface area (Å²) in [5.41, 5.74) is 0.429. The van der Waals surface area contributed by atoms with Crippen molar-refractivity contribution in [1.29, 1.82) is 0 Å². The van der Waals surface area contributed by atoms with Gasteiger partial charge in [-0.3, -0.25) is 4.79 Å². The van der Waals surface area contributed by atoms with Crippen molar-refractivity contribution < 1.29 is 14.7 Å². The number of carboxylic acids is 1. The first kappa shape index (κ1) is 14.9. The van der Waals surface area contributed by atoms with Gasteiger partial charge in [0, 0.05) is 11.1 Å². The highest BCUT2D eigenvalue weighted by Crippen LogP contribution is 2.27. The van der Waals surface area contributed by atoms with Crippen LogP contribution in [0.1, 0.15) is 19.3 Å². The van der Waals surface area contributed by atoms with Crippen molar-refractivity contribution in [2.75, 3.05) is 5.32 Å². The molecule has 1 aliphatic rings. The van der Waals surface area contributed by atoms with E-state index in [2.05, 4.69) is 10.6 Å². The molecular weight excluding hydrogens is 303 g/mol. The Labute approximate surface area is 126 Å². The van der Waals surface area contributed by atoms with E-state index in [4.69, 9.17) is 28.3 Å². The smallest absolute Gasteiger partial charge is 0.319 e.